The molecule has 0 amide bonds. The Morgan fingerprint density at radius 1 is 0.389 bits per heavy atom. The molecule has 8 heteroatoms. The van der Waals surface area contributed by atoms with Gasteiger partial charge < -0.3 is 0 Å². The summed E-state index contributed by atoms with van der Waals surface area (Å²) in [6, 6.07) is 11.9. The van der Waals surface area contributed by atoms with Crippen molar-refractivity contribution in [3.8, 4) is 44.5 Å². The van der Waals surface area contributed by atoms with Crippen molar-refractivity contribution in [1.82, 2.24) is 0 Å². The highest BCUT2D eigenvalue weighted by molar-refractivity contribution is 6.19. The second-order valence-electron chi connectivity index (χ2n) is 8.34. The fourth-order valence-corrected chi connectivity index (χ4v) is 4.87. The molecule has 0 spiro atoms. The standard InChI is InChI=1S/C28H10F8/c29-18-9-19(30)26(34)22(25(18)33)11-4-5-12-15-6-7-16(24-27(35)20(31)10-21(32)28(24)36)13-2-1-3-14(23(13)15)17(12)8-11/h1-10H. The van der Waals surface area contributed by atoms with Gasteiger partial charge in [0.25, 0.3) is 0 Å². The van der Waals surface area contributed by atoms with E-state index < -0.39 is 57.7 Å². The number of halogens is 8. The normalized spacial score (nSPS) is 11.9. The van der Waals surface area contributed by atoms with Gasteiger partial charge in [-0.2, -0.15) is 0 Å². The molecule has 36 heavy (non-hydrogen) atoms. The molecule has 0 fully saturated rings. The molecule has 0 aliphatic heterocycles. The average Bonchev–Trinajstić information content (AvgIpc) is 3.18. The van der Waals surface area contributed by atoms with Crippen molar-refractivity contribution in [2.45, 2.75) is 0 Å². The molecular formula is C28H10F8. The molecule has 0 unspecified atom stereocenters. The largest absolute Gasteiger partial charge is 0.204 e. The fourth-order valence-electron chi connectivity index (χ4n) is 4.87. The average molecular weight is 498 g/mol. The highest BCUT2D eigenvalue weighted by Gasteiger charge is 2.28. The van der Waals surface area contributed by atoms with Crippen LogP contribution in [0.5, 0.6) is 0 Å². The van der Waals surface area contributed by atoms with Gasteiger partial charge in [0.1, 0.15) is 0 Å². The summed E-state index contributed by atoms with van der Waals surface area (Å²) in [6.07, 6.45) is 0. The van der Waals surface area contributed by atoms with Gasteiger partial charge in [0, 0.05) is 12.1 Å². The first-order valence-corrected chi connectivity index (χ1v) is 10.6. The lowest BCUT2D eigenvalue weighted by molar-refractivity contribution is 0.458. The molecule has 0 aromatic heterocycles. The maximum absolute atomic E-state index is 14.6. The molecule has 0 saturated carbocycles. The monoisotopic (exact) mass is 498 g/mol. The summed E-state index contributed by atoms with van der Waals surface area (Å²) in [6.45, 7) is 0. The highest BCUT2D eigenvalue weighted by Crippen LogP contribution is 2.51. The Kier molecular flexibility index (Phi) is 4.73. The third-order valence-electron chi connectivity index (χ3n) is 6.42. The Hall–Kier alpha value is -4.20. The zero-order valence-corrected chi connectivity index (χ0v) is 17.8. The maximum atomic E-state index is 14.6. The molecule has 0 saturated heterocycles. The number of hydrogen-bond acceptors (Lipinski definition) is 0. The van der Waals surface area contributed by atoms with E-state index in [1.165, 1.54) is 36.4 Å². The third-order valence-corrected chi connectivity index (χ3v) is 6.42. The summed E-state index contributed by atoms with van der Waals surface area (Å²) in [7, 11) is 0. The third kappa shape index (κ3) is 2.93. The molecule has 0 bridgehead atoms. The summed E-state index contributed by atoms with van der Waals surface area (Å²) >= 11 is 0. The summed E-state index contributed by atoms with van der Waals surface area (Å²) < 4.78 is 114. The van der Waals surface area contributed by atoms with Gasteiger partial charge in [0.05, 0.1) is 11.1 Å². The van der Waals surface area contributed by atoms with Crippen LogP contribution in [0.2, 0.25) is 0 Å². The molecule has 1 aliphatic rings. The van der Waals surface area contributed by atoms with E-state index in [0.29, 0.717) is 27.6 Å². The van der Waals surface area contributed by atoms with E-state index >= 15 is 0 Å². The van der Waals surface area contributed by atoms with E-state index in [4.69, 9.17) is 0 Å². The maximum Gasteiger partial charge on any atom is 0.169 e. The van der Waals surface area contributed by atoms with Crippen LogP contribution in [0.25, 0.3) is 55.3 Å². The lowest BCUT2D eigenvalue weighted by Gasteiger charge is -2.12. The molecule has 5 aromatic rings. The van der Waals surface area contributed by atoms with Crippen molar-refractivity contribution in [2.24, 2.45) is 0 Å². The molecule has 0 N–H and O–H groups in total. The minimum Gasteiger partial charge on any atom is -0.204 e. The van der Waals surface area contributed by atoms with Crippen LogP contribution in [-0.4, -0.2) is 0 Å². The fraction of sp³-hybridized carbons (Fsp3) is 0. The van der Waals surface area contributed by atoms with Crippen molar-refractivity contribution in [3.63, 3.8) is 0 Å². The van der Waals surface area contributed by atoms with Gasteiger partial charge in [-0.15, -0.1) is 0 Å². The molecule has 178 valence electrons. The van der Waals surface area contributed by atoms with E-state index in [2.05, 4.69) is 0 Å². The summed E-state index contributed by atoms with van der Waals surface area (Å²) in [5.41, 5.74) is 0.149. The van der Waals surface area contributed by atoms with Gasteiger partial charge in [0.2, 0.25) is 0 Å². The molecule has 1 aliphatic carbocycles. The van der Waals surface area contributed by atoms with E-state index in [-0.39, 0.29) is 28.6 Å². The topological polar surface area (TPSA) is 0 Å². The summed E-state index contributed by atoms with van der Waals surface area (Å²) in [5, 5.41) is 0.761. The van der Waals surface area contributed by atoms with Crippen LogP contribution in [0, 0.1) is 46.5 Å². The second kappa shape index (κ2) is 7.65. The molecule has 6 rings (SSSR count). The first-order chi connectivity index (χ1) is 17.2. The Labute approximate surface area is 198 Å². The number of benzene rings is 5. The Morgan fingerprint density at radius 3 is 1.50 bits per heavy atom. The quantitative estimate of drug-likeness (QED) is 0.165. The number of fused-ring (bicyclic) bond motifs is 3. The Morgan fingerprint density at radius 2 is 0.889 bits per heavy atom. The molecule has 5 aromatic carbocycles. The summed E-state index contributed by atoms with van der Waals surface area (Å²) in [4.78, 5) is 0. The van der Waals surface area contributed by atoms with Crippen LogP contribution >= 0.6 is 0 Å². The van der Waals surface area contributed by atoms with Crippen molar-refractivity contribution in [3.05, 3.63) is 107 Å². The first-order valence-electron chi connectivity index (χ1n) is 10.6. The van der Waals surface area contributed by atoms with Gasteiger partial charge in [0.15, 0.2) is 46.5 Å². The van der Waals surface area contributed by atoms with E-state index in [0.717, 1.165) is 0 Å². The Balaban J connectivity index is 1.62. The van der Waals surface area contributed by atoms with Gasteiger partial charge in [-0.3, -0.25) is 0 Å². The zero-order valence-electron chi connectivity index (χ0n) is 17.8. The molecular weight excluding hydrogens is 488 g/mol. The van der Waals surface area contributed by atoms with Crippen LogP contribution in [-0.2, 0) is 0 Å². The first kappa shape index (κ1) is 22.3. The van der Waals surface area contributed by atoms with E-state index in [9.17, 15) is 35.1 Å². The SMILES string of the molecule is Fc1cc(F)c(F)c(-c2ccc3c(c2)-c2cccc4c(-c5c(F)c(F)cc(F)c5F)ccc-3c24)c1F. The molecule has 0 radical (unpaired) electrons. The number of rotatable bonds is 2. The minimum absolute atomic E-state index is 0.0960. The molecule has 0 heterocycles. The van der Waals surface area contributed by atoms with Gasteiger partial charge >= 0.3 is 0 Å². The van der Waals surface area contributed by atoms with E-state index in [1.807, 2.05) is 0 Å². The predicted octanol–water partition coefficient (Wildman–Crippen LogP) is 8.93. The van der Waals surface area contributed by atoms with E-state index in [1.54, 1.807) is 12.1 Å². The summed E-state index contributed by atoms with van der Waals surface area (Å²) in [5.74, 6) is -12.4. The van der Waals surface area contributed by atoms with Crippen molar-refractivity contribution < 1.29 is 35.1 Å². The van der Waals surface area contributed by atoms with Crippen molar-refractivity contribution in [1.29, 1.82) is 0 Å². The lowest BCUT2D eigenvalue weighted by Crippen LogP contribution is -1.99. The van der Waals surface area contributed by atoms with Gasteiger partial charge in [-0.05, 0) is 50.2 Å². The molecule has 0 nitrogen and oxygen atoms in total. The molecule has 0 atom stereocenters. The van der Waals surface area contributed by atoms with Gasteiger partial charge in [-0.25, -0.2) is 35.1 Å². The van der Waals surface area contributed by atoms with Crippen molar-refractivity contribution in [2.75, 3.05) is 0 Å². The second-order valence-corrected chi connectivity index (χ2v) is 8.34. The van der Waals surface area contributed by atoms with Crippen LogP contribution in [0.4, 0.5) is 35.1 Å². The highest BCUT2D eigenvalue weighted by atomic mass is 19.2. The van der Waals surface area contributed by atoms with Crippen LogP contribution in [0.15, 0.2) is 60.7 Å². The minimum atomic E-state index is -1.55. The van der Waals surface area contributed by atoms with Crippen molar-refractivity contribution >= 4 is 10.8 Å². The van der Waals surface area contributed by atoms with Crippen LogP contribution in [0.1, 0.15) is 0 Å². The Bertz CT molecular complexity index is 1720. The van der Waals surface area contributed by atoms with Crippen LogP contribution in [0.3, 0.4) is 0 Å². The number of hydrogen-bond donors (Lipinski definition) is 0. The predicted molar refractivity (Wildman–Crippen MR) is 119 cm³/mol. The zero-order chi connectivity index (χ0) is 25.5. The lowest BCUT2D eigenvalue weighted by atomic mass is 9.93. The smallest absolute Gasteiger partial charge is 0.169 e. The van der Waals surface area contributed by atoms with Gasteiger partial charge in [-0.1, -0.05) is 42.5 Å². The van der Waals surface area contributed by atoms with Crippen LogP contribution < -0.4 is 0 Å².